The number of aliphatic imine (C=N–C) groups is 2. The number of hydrogen-bond donors (Lipinski definition) is 0. The summed E-state index contributed by atoms with van der Waals surface area (Å²) < 4.78 is 21.1. The first-order chi connectivity index (χ1) is 4.21. The summed E-state index contributed by atoms with van der Waals surface area (Å²) in [6, 6.07) is 0. The van der Waals surface area contributed by atoms with E-state index >= 15 is 0 Å². The van der Waals surface area contributed by atoms with Gasteiger partial charge < -0.3 is 0 Å². The molecule has 0 saturated carbocycles. The largest absolute Gasteiger partial charge is 0.244 e. The van der Waals surface area contributed by atoms with Crippen LogP contribution in [0.4, 0.5) is 0 Å². The fourth-order valence-corrected chi connectivity index (χ4v) is 0.878. The lowest BCUT2D eigenvalue weighted by Gasteiger charge is -1.78. The average molecular weight is 144 g/mol. The minimum absolute atomic E-state index is 0.847. The van der Waals surface area contributed by atoms with Crippen molar-refractivity contribution >= 4 is 21.7 Å². The predicted octanol–water partition coefficient (Wildman–Crippen LogP) is -0.0574. The summed E-state index contributed by atoms with van der Waals surface area (Å²) in [5.41, 5.74) is 0.847. The fourth-order valence-electron chi connectivity index (χ4n) is 0.344. The molecular formula is C4H4N2O2S. The van der Waals surface area contributed by atoms with E-state index in [4.69, 9.17) is 0 Å². The second-order valence-corrected chi connectivity index (χ2v) is 3.05. The van der Waals surface area contributed by atoms with Crippen LogP contribution < -0.4 is 0 Å². The summed E-state index contributed by atoms with van der Waals surface area (Å²) in [6.07, 6.45) is 2.35. The summed E-state index contributed by atoms with van der Waals surface area (Å²) in [5, 5.41) is 0.986. The van der Waals surface area contributed by atoms with Gasteiger partial charge in [-0.2, -0.15) is 0 Å². The van der Waals surface area contributed by atoms with Gasteiger partial charge in [0.15, 0.2) is 0 Å². The van der Waals surface area contributed by atoms with Crippen molar-refractivity contribution in [2.24, 2.45) is 9.98 Å². The van der Waals surface area contributed by atoms with Gasteiger partial charge in [0.25, 0.3) is 0 Å². The molecular weight excluding hydrogens is 140 g/mol. The van der Waals surface area contributed by atoms with Gasteiger partial charge in [-0.15, -0.1) is 0 Å². The molecule has 0 fully saturated rings. The lowest BCUT2D eigenvalue weighted by molar-refractivity contribution is 0.616. The zero-order valence-electron chi connectivity index (χ0n) is 4.43. The van der Waals surface area contributed by atoms with E-state index in [2.05, 4.69) is 9.98 Å². The van der Waals surface area contributed by atoms with Crippen molar-refractivity contribution in [2.45, 2.75) is 0 Å². The van der Waals surface area contributed by atoms with Crippen LogP contribution >= 0.6 is 0 Å². The molecule has 5 heteroatoms. The molecule has 0 N–H and O–H groups in total. The van der Waals surface area contributed by atoms with Crippen molar-refractivity contribution < 1.29 is 8.42 Å². The summed E-state index contributed by atoms with van der Waals surface area (Å²) in [5.74, 6) is 0. The van der Waals surface area contributed by atoms with Gasteiger partial charge in [-0.05, 0) is 0 Å². The lowest BCUT2D eigenvalue weighted by Crippen LogP contribution is -1.93. The van der Waals surface area contributed by atoms with Gasteiger partial charge in [0.05, 0.1) is 5.41 Å². The van der Waals surface area contributed by atoms with E-state index in [0.29, 0.717) is 0 Å². The summed E-state index contributed by atoms with van der Waals surface area (Å²) in [7, 11) is -3.22. The SMILES string of the molecule is O=S1(=O)C=CN=CN=C1. The van der Waals surface area contributed by atoms with Crippen molar-refractivity contribution in [1.29, 1.82) is 0 Å². The molecule has 1 heterocycles. The van der Waals surface area contributed by atoms with Crippen molar-refractivity contribution in [1.82, 2.24) is 0 Å². The summed E-state index contributed by atoms with van der Waals surface area (Å²) in [6.45, 7) is 0. The molecule has 0 spiro atoms. The fraction of sp³-hybridized carbons (Fsp3) is 0. The van der Waals surface area contributed by atoms with Crippen LogP contribution in [0.5, 0.6) is 0 Å². The number of hydrogen-bond acceptors (Lipinski definition) is 4. The molecule has 0 aromatic carbocycles. The molecule has 0 saturated heterocycles. The van der Waals surface area contributed by atoms with E-state index in [1.54, 1.807) is 0 Å². The monoisotopic (exact) mass is 144 g/mol. The van der Waals surface area contributed by atoms with Gasteiger partial charge in [-0.1, -0.05) is 0 Å². The molecule has 0 amide bonds. The Balaban J connectivity index is 3.11. The Labute approximate surface area is 52.6 Å². The summed E-state index contributed by atoms with van der Waals surface area (Å²) in [4.78, 5) is 6.84. The van der Waals surface area contributed by atoms with Gasteiger partial charge in [-0.3, -0.25) is 0 Å². The third kappa shape index (κ3) is 1.77. The molecule has 1 rings (SSSR count). The first-order valence-electron chi connectivity index (χ1n) is 2.17. The lowest BCUT2D eigenvalue weighted by atomic mass is 11.0. The Bertz CT molecular complexity index is 251. The Morgan fingerprint density at radius 1 is 1.22 bits per heavy atom. The quantitative estimate of drug-likeness (QED) is 0.478. The van der Waals surface area contributed by atoms with Crippen LogP contribution in [0.25, 0.3) is 0 Å². The number of nitrogens with zero attached hydrogens (tertiary/aromatic N) is 2. The van der Waals surface area contributed by atoms with Crippen LogP contribution in [0.3, 0.4) is 0 Å². The van der Waals surface area contributed by atoms with Crippen molar-refractivity contribution in [2.75, 3.05) is 0 Å². The standard InChI is InChI=1S/C4H4N2O2S/c7-9(8)2-1-5-3-6-4-9/h1-4H. The first kappa shape index (κ1) is 6.15. The van der Waals surface area contributed by atoms with E-state index in [-0.39, 0.29) is 0 Å². The third-order valence-electron chi connectivity index (χ3n) is 0.678. The van der Waals surface area contributed by atoms with Gasteiger partial charge >= 0.3 is 0 Å². The Kier molecular flexibility index (Phi) is 1.44. The van der Waals surface area contributed by atoms with Crippen LogP contribution in [0.2, 0.25) is 0 Å². The Morgan fingerprint density at radius 3 is 2.78 bits per heavy atom. The molecule has 1 aliphatic heterocycles. The van der Waals surface area contributed by atoms with E-state index < -0.39 is 9.84 Å². The highest BCUT2D eigenvalue weighted by Crippen LogP contribution is 1.90. The van der Waals surface area contributed by atoms with Crippen LogP contribution in [-0.4, -0.2) is 20.3 Å². The molecule has 4 nitrogen and oxygen atoms in total. The molecule has 0 aromatic heterocycles. The molecule has 9 heavy (non-hydrogen) atoms. The molecule has 0 radical (unpaired) electrons. The average Bonchev–Trinajstić information content (AvgIpc) is 1.92. The minimum atomic E-state index is -3.22. The van der Waals surface area contributed by atoms with Gasteiger partial charge in [-0.25, -0.2) is 18.4 Å². The Hall–Kier alpha value is -0.970. The topological polar surface area (TPSA) is 58.9 Å². The van der Waals surface area contributed by atoms with Crippen LogP contribution in [-0.2, 0) is 9.84 Å². The molecule has 0 atom stereocenters. The smallest absolute Gasteiger partial charge is 0.211 e. The molecule has 0 aromatic rings. The molecule has 0 unspecified atom stereocenters. The normalized spacial score (nSPS) is 21.8. The predicted molar refractivity (Wildman–Crippen MR) is 35.0 cm³/mol. The number of sulfone groups is 1. The molecule has 0 aliphatic carbocycles. The highest BCUT2D eigenvalue weighted by atomic mass is 32.2. The highest BCUT2D eigenvalue weighted by molar-refractivity contribution is 8.07. The number of rotatable bonds is 0. The minimum Gasteiger partial charge on any atom is -0.244 e. The molecule has 1 aliphatic rings. The maximum atomic E-state index is 10.6. The molecule has 48 valence electrons. The van der Waals surface area contributed by atoms with Crippen molar-refractivity contribution in [3.63, 3.8) is 0 Å². The first-order valence-corrected chi connectivity index (χ1v) is 3.78. The third-order valence-corrected chi connectivity index (χ3v) is 1.59. The van der Waals surface area contributed by atoms with Crippen molar-refractivity contribution in [3.05, 3.63) is 11.6 Å². The second kappa shape index (κ2) is 2.10. The van der Waals surface area contributed by atoms with E-state index in [1.165, 1.54) is 12.5 Å². The maximum Gasteiger partial charge on any atom is 0.211 e. The van der Waals surface area contributed by atoms with Crippen molar-refractivity contribution in [3.8, 4) is 0 Å². The van der Waals surface area contributed by atoms with Gasteiger partial charge in [0.1, 0.15) is 11.9 Å². The Morgan fingerprint density at radius 2 is 2.00 bits per heavy atom. The summed E-state index contributed by atoms with van der Waals surface area (Å²) >= 11 is 0. The molecule has 0 bridgehead atoms. The highest BCUT2D eigenvalue weighted by Gasteiger charge is 1.99. The zero-order valence-corrected chi connectivity index (χ0v) is 5.25. The van der Waals surface area contributed by atoms with Crippen LogP contribution in [0, 0.1) is 0 Å². The van der Waals surface area contributed by atoms with Crippen LogP contribution in [0.15, 0.2) is 21.6 Å². The van der Waals surface area contributed by atoms with E-state index in [0.717, 1.165) is 11.0 Å². The van der Waals surface area contributed by atoms with Gasteiger partial charge in [0.2, 0.25) is 9.84 Å². The zero-order chi connectivity index (χ0) is 6.74. The van der Waals surface area contributed by atoms with Gasteiger partial charge in [0, 0.05) is 6.20 Å². The maximum absolute atomic E-state index is 10.6. The van der Waals surface area contributed by atoms with Crippen LogP contribution in [0.1, 0.15) is 0 Å². The van der Waals surface area contributed by atoms with E-state index in [1.807, 2.05) is 0 Å². The second-order valence-electron chi connectivity index (χ2n) is 1.39. The van der Waals surface area contributed by atoms with E-state index in [9.17, 15) is 8.42 Å².